The predicted molar refractivity (Wildman–Crippen MR) is 143 cm³/mol. The molecule has 3 aromatic carbocycles. The summed E-state index contributed by atoms with van der Waals surface area (Å²) < 4.78 is 43.9. The molecule has 1 N–H and O–H groups in total. The topological polar surface area (TPSA) is 92.3 Å². The third-order valence-electron chi connectivity index (χ3n) is 5.99. The molecule has 0 bridgehead atoms. The number of nitrogens with one attached hydrogen (secondary N) is 1. The minimum atomic E-state index is -4.16. The first kappa shape index (κ1) is 28.2. The molecule has 4 atom stereocenters. The lowest BCUT2D eigenvalue weighted by atomic mass is 10.00. The Balaban J connectivity index is 1.55. The van der Waals surface area contributed by atoms with Crippen LogP contribution in [0.1, 0.15) is 37.0 Å². The van der Waals surface area contributed by atoms with Crippen LogP contribution < -0.4 is 5.32 Å². The van der Waals surface area contributed by atoms with Gasteiger partial charge in [-0.1, -0.05) is 91.0 Å². The van der Waals surface area contributed by atoms with E-state index in [1.807, 2.05) is 97.9 Å². The Morgan fingerprint density at radius 3 is 1.79 bits per heavy atom. The highest BCUT2D eigenvalue weighted by atomic mass is 31.2. The number of phosphoric acid groups is 1. The molecule has 4 rings (SSSR count). The number of phosphoric ester groups is 1. The number of hydrogen-bond donors (Lipinski definition) is 1. The third kappa shape index (κ3) is 8.60. The first-order valence-electron chi connectivity index (χ1n) is 12.6. The van der Waals surface area contributed by atoms with Gasteiger partial charge in [0.15, 0.2) is 6.29 Å². The number of carbonyl (C=O) groups is 1. The standard InChI is InChI=1S/C29H34NO7P/c1-22-18-27(30-23(2)31)28(33-19-24-12-6-3-7-13-24)29(36-22)37-38(32,34-20-25-14-8-4-9-15-25)35-21-26-16-10-5-11-17-26/h3-17,22,27-29H,18-21H2,1-2H3,(H,30,31)/t22-,27+,28-,29-/m1/s1. The Morgan fingerprint density at radius 2 is 1.32 bits per heavy atom. The largest absolute Gasteiger partial charge is 0.477 e. The summed E-state index contributed by atoms with van der Waals surface area (Å²) in [6.45, 7) is 3.58. The number of hydrogen-bond acceptors (Lipinski definition) is 7. The average molecular weight is 540 g/mol. The van der Waals surface area contributed by atoms with Crippen LogP contribution in [0.4, 0.5) is 0 Å². The van der Waals surface area contributed by atoms with Crippen LogP contribution in [0.3, 0.4) is 0 Å². The van der Waals surface area contributed by atoms with Crippen molar-refractivity contribution in [3.8, 4) is 0 Å². The SMILES string of the molecule is CC(=O)N[C@H]1C[C@@H](C)O[C@H](OP(=O)(OCc2ccccc2)OCc2ccccc2)[C@@H]1OCc1ccccc1. The number of rotatable bonds is 12. The number of benzene rings is 3. The number of carbonyl (C=O) groups excluding carboxylic acids is 1. The summed E-state index contributed by atoms with van der Waals surface area (Å²) in [6, 6.07) is 27.9. The molecule has 0 spiro atoms. The van der Waals surface area contributed by atoms with Gasteiger partial charge in [0.25, 0.3) is 0 Å². The van der Waals surface area contributed by atoms with E-state index >= 15 is 0 Å². The van der Waals surface area contributed by atoms with Crippen molar-refractivity contribution in [2.24, 2.45) is 0 Å². The van der Waals surface area contributed by atoms with Gasteiger partial charge in [0.05, 0.1) is 32.0 Å². The van der Waals surface area contributed by atoms with E-state index in [2.05, 4.69) is 5.32 Å². The van der Waals surface area contributed by atoms with Crippen molar-refractivity contribution in [1.82, 2.24) is 5.32 Å². The first-order valence-corrected chi connectivity index (χ1v) is 14.1. The summed E-state index contributed by atoms with van der Waals surface area (Å²) in [4.78, 5) is 12.0. The Kier molecular flexibility index (Phi) is 10.2. The van der Waals surface area contributed by atoms with Crippen LogP contribution in [0.15, 0.2) is 91.0 Å². The zero-order valence-electron chi connectivity index (χ0n) is 21.6. The maximum atomic E-state index is 14.0. The second-order valence-electron chi connectivity index (χ2n) is 9.19. The highest BCUT2D eigenvalue weighted by Crippen LogP contribution is 2.53. The lowest BCUT2D eigenvalue weighted by Gasteiger charge is -2.41. The van der Waals surface area contributed by atoms with Gasteiger partial charge >= 0.3 is 7.82 Å². The van der Waals surface area contributed by atoms with E-state index < -0.39 is 26.3 Å². The first-order chi connectivity index (χ1) is 18.4. The van der Waals surface area contributed by atoms with Gasteiger partial charge in [-0.2, -0.15) is 0 Å². The smallest absolute Gasteiger partial charge is 0.366 e. The molecule has 1 heterocycles. The van der Waals surface area contributed by atoms with Gasteiger partial charge in [0.1, 0.15) is 6.10 Å². The van der Waals surface area contributed by atoms with E-state index in [9.17, 15) is 9.36 Å². The summed E-state index contributed by atoms with van der Waals surface area (Å²) in [5, 5.41) is 2.93. The van der Waals surface area contributed by atoms with E-state index in [-0.39, 0.29) is 31.8 Å². The van der Waals surface area contributed by atoms with Crippen LogP contribution in [0.2, 0.25) is 0 Å². The zero-order chi connectivity index (χ0) is 26.8. The Bertz CT molecular complexity index is 1130. The van der Waals surface area contributed by atoms with Crippen molar-refractivity contribution >= 4 is 13.7 Å². The molecule has 0 unspecified atom stereocenters. The van der Waals surface area contributed by atoms with Crippen LogP contribution in [0.5, 0.6) is 0 Å². The normalized spacial score (nSPS) is 21.6. The molecule has 1 amide bonds. The van der Waals surface area contributed by atoms with E-state index in [0.717, 1.165) is 16.7 Å². The minimum absolute atomic E-state index is 0.0137. The number of ether oxygens (including phenoxy) is 2. The van der Waals surface area contributed by atoms with Crippen LogP contribution in [-0.2, 0) is 52.2 Å². The van der Waals surface area contributed by atoms with Crippen molar-refractivity contribution in [2.45, 2.75) is 64.6 Å². The molecule has 9 heteroatoms. The fourth-order valence-electron chi connectivity index (χ4n) is 4.17. The van der Waals surface area contributed by atoms with Gasteiger partial charge in [-0.05, 0) is 30.0 Å². The molecule has 1 aliphatic heterocycles. The lowest BCUT2D eigenvalue weighted by molar-refractivity contribution is -0.231. The molecule has 1 fully saturated rings. The second kappa shape index (κ2) is 13.8. The van der Waals surface area contributed by atoms with Gasteiger partial charge in [-0.15, -0.1) is 0 Å². The van der Waals surface area contributed by atoms with Crippen molar-refractivity contribution in [1.29, 1.82) is 0 Å². The van der Waals surface area contributed by atoms with E-state index in [0.29, 0.717) is 6.42 Å². The van der Waals surface area contributed by atoms with Gasteiger partial charge in [-0.3, -0.25) is 18.4 Å². The molecule has 0 aromatic heterocycles. The molecule has 0 aliphatic carbocycles. The number of amides is 1. The Labute approximate surface area is 223 Å². The molecule has 0 saturated carbocycles. The van der Waals surface area contributed by atoms with Crippen molar-refractivity contribution in [3.05, 3.63) is 108 Å². The zero-order valence-corrected chi connectivity index (χ0v) is 22.5. The summed E-state index contributed by atoms with van der Waals surface area (Å²) in [7, 11) is -4.16. The molecule has 1 aliphatic rings. The summed E-state index contributed by atoms with van der Waals surface area (Å²) >= 11 is 0. The average Bonchev–Trinajstić information content (AvgIpc) is 2.92. The molecule has 3 aromatic rings. The van der Waals surface area contributed by atoms with Crippen LogP contribution >= 0.6 is 7.82 Å². The molecular weight excluding hydrogens is 505 g/mol. The van der Waals surface area contributed by atoms with Gasteiger partial charge in [-0.25, -0.2) is 4.57 Å². The molecule has 38 heavy (non-hydrogen) atoms. The molecule has 1 saturated heterocycles. The lowest BCUT2D eigenvalue weighted by Crippen LogP contribution is -2.56. The summed E-state index contributed by atoms with van der Waals surface area (Å²) in [6.07, 6.45) is -1.68. The maximum Gasteiger partial charge on any atom is 0.477 e. The monoisotopic (exact) mass is 539 g/mol. The Morgan fingerprint density at radius 1 is 0.842 bits per heavy atom. The fourth-order valence-corrected chi connectivity index (χ4v) is 5.41. The predicted octanol–water partition coefficient (Wildman–Crippen LogP) is 5.77. The molecule has 0 radical (unpaired) electrons. The van der Waals surface area contributed by atoms with Crippen molar-refractivity contribution in [2.75, 3.05) is 0 Å². The van der Waals surface area contributed by atoms with Crippen LogP contribution in [0, 0.1) is 0 Å². The van der Waals surface area contributed by atoms with Gasteiger partial charge in [0, 0.05) is 6.92 Å². The fraction of sp³-hybridized carbons (Fsp3) is 0.345. The molecule has 8 nitrogen and oxygen atoms in total. The van der Waals surface area contributed by atoms with Crippen LogP contribution in [-0.4, -0.2) is 30.4 Å². The molecule has 202 valence electrons. The van der Waals surface area contributed by atoms with E-state index in [4.69, 9.17) is 23.0 Å². The highest BCUT2D eigenvalue weighted by Gasteiger charge is 2.44. The maximum absolute atomic E-state index is 14.0. The highest BCUT2D eigenvalue weighted by molar-refractivity contribution is 7.48. The quantitative estimate of drug-likeness (QED) is 0.292. The molecular formula is C29H34NO7P. The van der Waals surface area contributed by atoms with E-state index in [1.165, 1.54) is 6.92 Å². The summed E-state index contributed by atoms with van der Waals surface area (Å²) in [5.41, 5.74) is 2.56. The van der Waals surface area contributed by atoms with Crippen molar-refractivity contribution < 1.29 is 32.4 Å². The second-order valence-corrected chi connectivity index (χ2v) is 10.8. The van der Waals surface area contributed by atoms with E-state index in [1.54, 1.807) is 0 Å². The van der Waals surface area contributed by atoms with Gasteiger partial charge in [0.2, 0.25) is 5.91 Å². The minimum Gasteiger partial charge on any atom is -0.366 e. The summed E-state index contributed by atoms with van der Waals surface area (Å²) in [5.74, 6) is -0.208. The van der Waals surface area contributed by atoms with Gasteiger partial charge < -0.3 is 14.8 Å². The van der Waals surface area contributed by atoms with Crippen LogP contribution in [0.25, 0.3) is 0 Å². The van der Waals surface area contributed by atoms with Crippen molar-refractivity contribution in [3.63, 3.8) is 0 Å². The third-order valence-corrected chi connectivity index (χ3v) is 7.34. The Hall–Kier alpha value is -2.84.